The van der Waals surface area contributed by atoms with Crippen LogP contribution in [0.3, 0.4) is 0 Å². The summed E-state index contributed by atoms with van der Waals surface area (Å²) in [5.74, 6) is 0.597. The number of amides is 1. The minimum atomic E-state index is -0.439. The highest BCUT2D eigenvalue weighted by molar-refractivity contribution is 5.82. The minimum absolute atomic E-state index is 0.0341. The monoisotopic (exact) mass is 392 g/mol. The maximum atomic E-state index is 13.3. The third-order valence-electron chi connectivity index (χ3n) is 5.34. The number of ether oxygens (including phenoxy) is 2. The quantitative estimate of drug-likeness (QED) is 0.432. The minimum Gasteiger partial charge on any atom is -0.481 e. The fourth-order valence-electron chi connectivity index (χ4n) is 3.71. The van der Waals surface area contributed by atoms with E-state index in [1.807, 2.05) is 24.0 Å². The Balaban J connectivity index is 1.79. The predicted octanol–water partition coefficient (Wildman–Crippen LogP) is 1.43. The molecule has 2 fully saturated rings. The number of aromatic nitrogens is 1. The molecule has 1 aromatic rings. The Kier molecular flexibility index (Phi) is 7.23. The zero-order chi connectivity index (χ0) is 20.1. The summed E-state index contributed by atoms with van der Waals surface area (Å²) in [6.07, 6.45) is 3.13. The summed E-state index contributed by atoms with van der Waals surface area (Å²) in [7, 11) is 1.60. The summed E-state index contributed by atoms with van der Waals surface area (Å²) < 4.78 is 11.3. The molecule has 1 aliphatic carbocycles. The van der Waals surface area contributed by atoms with Gasteiger partial charge in [-0.3, -0.25) is 4.79 Å². The Labute approximate surface area is 166 Å². The Morgan fingerprint density at radius 3 is 2.89 bits per heavy atom. The van der Waals surface area contributed by atoms with E-state index in [9.17, 15) is 4.79 Å². The van der Waals surface area contributed by atoms with E-state index in [2.05, 4.69) is 22.7 Å². The number of carbonyl (C=O) groups excluding carboxylic acids is 1. The number of methoxy groups -OCH3 is 1. The highest BCUT2D eigenvalue weighted by Gasteiger charge is 2.40. The fraction of sp³-hybridized carbons (Fsp3) is 0.700. The molecule has 1 saturated heterocycles. The maximum absolute atomic E-state index is 13.3. The summed E-state index contributed by atoms with van der Waals surface area (Å²) >= 11 is 0. The number of nitrogens with one attached hydrogen (secondary N) is 2. The molecule has 1 aromatic heterocycles. The van der Waals surface area contributed by atoms with Gasteiger partial charge in [0.1, 0.15) is 6.10 Å². The Morgan fingerprint density at radius 2 is 2.25 bits per heavy atom. The van der Waals surface area contributed by atoms with Crippen LogP contribution in [0.2, 0.25) is 0 Å². The van der Waals surface area contributed by atoms with Crippen molar-refractivity contribution in [3.63, 3.8) is 0 Å². The van der Waals surface area contributed by atoms with Gasteiger partial charge in [-0.15, -0.1) is 0 Å². The number of aryl methyl sites for hydroxylation is 1. The summed E-state index contributed by atoms with van der Waals surface area (Å²) in [5.41, 5.74) is 4.07. The van der Waals surface area contributed by atoms with Gasteiger partial charge in [-0.25, -0.2) is 10.5 Å². The highest BCUT2D eigenvalue weighted by Crippen LogP contribution is 2.36. The number of hydrogen-bond donors (Lipinski definition) is 3. The Bertz CT molecular complexity index is 668. The predicted molar refractivity (Wildman–Crippen MR) is 104 cm³/mol. The molecule has 8 nitrogen and oxygen atoms in total. The summed E-state index contributed by atoms with van der Waals surface area (Å²) in [6.45, 7) is 5.87. The van der Waals surface area contributed by atoms with Crippen molar-refractivity contribution < 1.29 is 19.5 Å². The van der Waals surface area contributed by atoms with Crippen LogP contribution in [0.4, 0.5) is 0 Å². The molecule has 3 atom stereocenters. The third-order valence-corrected chi connectivity index (χ3v) is 5.34. The molecule has 8 heteroatoms. The number of hydroxylamine groups is 1. The normalized spacial score (nSPS) is 23.3. The van der Waals surface area contributed by atoms with Crippen molar-refractivity contribution in [1.82, 2.24) is 20.7 Å². The van der Waals surface area contributed by atoms with Gasteiger partial charge in [0.15, 0.2) is 0 Å². The molecule has 2 aliphatic rings. The molecule has 0 unspecified atom stereocenters. The van der Waals surface area contributed by atoms with Crippen LogP contribution in [-0.2, 0) is 16.0 Å². The van der Waals surface area contributed by atoms with Crippen LogP contribution in [-0.4, -0.2) is 66.0 Å². The van der Waals surface area contributed by atoms with Gasteiger partial charge in [0, 0.05) is 37.4 Å². The van der Waals surface area contributed by atoms with Crippen molar-refractivity contribution in [3.8, 4) is 5.88 Å². The van der Waals surface area contributed by atoms with Gasteiger partial charge < -0.3 is 24.9 Å². The molecule has 1 aliphatic heterocycles. The molecule has 156 valence electrons. The number of hydrogen-bond acceptors (Lipinski definition) is 7. The fourth-order valence-corrected chi connectivity index (χ4v) is 3.71. The van der Waals surface area contributed by atoms with E-state index >= 15 is 0 Å². The van der Waals surface area contributed by atoms with Crippen molar-refractivity contribution in [2.45, 2.75) is 63.8 Å². The lowest BCUT2D eigenvalue weighted by atomic mass is 10.0. The van der Waals surface area contributed by atoms with Gasteiger partial charge in [0.2, 0.25) is 5.88 Å². The molecule has 28 heavy (non-hydrogen) atoms. The molecule has 1 amide bonds. The second kappa shape index (κ2) is 9.65. The second-order valence-corrected chi connectivity index (χ2v) is 7.69. The van der Waals surface area contributed by atoms with E-state index in [1.165, 1.54) is 0 Å². The van der Waals surface area contributed by atoms with Gasteiger partial charge in [-0.05, 0) is 51.2 Å². The number of pyridine rings is 1. The van der Waals surface area contributed by atoms with E-state index in [0.717, 1.165) is 43.5 Å². The van der Waals surface area contributed by atoms with Gasteiger partial charge >= 0.3 is 0 Å². The van der Waals surface area contributed by atoms with Crippen LogP contribution in [0.1, 0.15) is 50.4 Å². The van der Waals surface area contributed by atoms with Gasteiger partial charge in [-0.1, -0.05) is 0 Å². The number of nitrogens with zero attached hydrogens (tertiary/aromatic N) is 2. The number of rotatable bonds is 9. The average Bonchev–Trinajstić information content (AvgIpc) is 3.53. The molecule has 3 rings (SSSR count). The molecular weight excluding hydrogens is 360 g/mol. The second-order valence-electron chi connectivity index (χ2n) is 7.69. The SMILES string of the molecule is COc1cc([C@@H](C)N(C(=O)[C@H]2CNC[C@@H](C)O2)C2CC2)cc(CCCNO)n1. The summed E-state index contributed by atoms with van der Waals surface area (Å²) in [5, 5.41) is 12.1. The van der Waals surface area contributed by atoms with E-state index in [0.29, 0.717) is 19.0 Å². The van der Waals surface area contributed by atoms with Crippen LogP contribution >= 0.6 is 0 Å². The van der Waals surface area contributed by atoms with Crippen molar-refractivity contribution in [2.24, 2.45) is 0 Å². The molecule has 3 N–H and O–H groups in total. The largest absolute Gasteiger partial charge is 0.481 e. The summed E-state index contributed by atoms with van der Waals surface area (Å²) in [6, 6.07) is 4.12. The van der Waals surface area contributed by atoms with Gasteiger partial charge in [0.05, 0.1) is 19.3 Å². The molecule has 1 saturated carbocycles. The molecule has 0 bridgehead atoms. The van der Waals surface area contributed by atoms with Crippen LogP contribution in [0.15, 0.2) is 12.1 Å². The zero-order valence-electron chi connectivity index (χ0n) is 17.0. The Hall–Kier alpha value is -1.74. The molecule has 0 spiro atoms. The van der Waals surface area contributed by atoms with Crippen LogP contribution < -0.4 is 15.5 Å². The topological polar surface area (TPSA) is 96.0 Å². The summed E-state index contributed by atoms with van der Waals surface area (Å²) in [4.78, 5) is 19.8. The van der Waals surface area contributed by atoms with Crippen molar-refractivity contribution >= 4 is 5.91 Å². The first-order chi connectivity index (χ1) is 13.5. The lowest BCUT2D eigenvalue weighted by Crippen LogP contribution is -2.52. The number of morpholine rings is 1. The van der Waals surface area contributed by atoms with Crippen LogP contribution in [0, 0.1) is 0 Å². The van der Waals surface area contributed by atoms with Crippen molar-refractivity contribution in [2.75, 3.05) is 26.7 Å². The first-order valence-corrected chi connectivity index (χ1v) is 10.1. The van der Waals surface area contributed by atoms with E-state index in [1.54, 1.807) is 7.11 Å². The first-order valence-electron chi connectivity index (χ1n) is 10.1. The van der Waals surface area contributed by atoms with E-state index < -0.39 is 6.10 Å². The molecule has 0 aromatic carbocycles. The first kappa shape index (κ1) is 21.0. The van der Waals surface area contributed by atoms with Gasteiger partial charge in [-0.2, -0.15) is 0 Å². The third kappa shape index (κ3) is 5.20. The smallest absolute Gasteiger partial charge is 0.253 e. The van der Waals surface area contributed by atoms with E-state index in [-0.39, 0.29) is 24.1 Å². The standard InChI is InChI=1S/C20H32N4O4/c1-13-11-21-12-18(28-13)20(25)24(17-6-7-17)14(2)15-9-16(5-4-8-22-26)23-19(10-15)27-3/h9-10,13-14,17-18,21-22,26H,4-8,11-12H2,1-3H3/t13-,14-,18-/m1/s1. The lowest BCUT2D eigenvalue weighted by Gasteiger charge is -2.36. The van der Waals surface area contributed by atoms with E-state index in [4.69, 9.17) is 14.7 Å². The molecular formula is C20H32N4O4. The Morgan fingerprint density at radius 1 is 1.46 bits per heavy atom. The van der Waals surface area contributed by atoms with Gasteiger partial charge in [0.25, 0.3) is 5.91 Å². The zero-order valence-corrected chi connectivity index (χ0v) is 17.0. The highest BCUT2D eigenvalue weighted by atomic mass is 16.5. The molecule has 0 radical (unpaired) electrons. The van der Waals surface area contributed by atoms with Crippen molar-refractivity contribution in [1.29, 1.82) is 0 Å². The maximum Gasteiger partial charge on any atom is 0.253 e. The van der Waals surface area contributed by atoms with Crippen LogP contribution in [0.5, 0.6) is 5.88 Å². The van der Waals surface area contributed by atoms with Crippen molar-refractivity contribution in [3.05, 3.63) is 23.4 Å². The van der Waals surface area contributed by atoms with Crippen LogP contribution in [0.25, 0.3) is 0 Å². The average molecular weight is 393 g/mol. The lowest BCUT2D eigenvalue weighted by molar-refractivity contribution is -0.152. The number of carbonyl (C=O) groups is 1. The molecule has 2 heterocycles.